The SMILES string of the molecule is Cc1ccc(C(=O)NCC(=O)N/N=C/c2c[nH]c3ccccc23)cc1[N+](=O)[O-]. The van der Waals surface area contributed by atoms with Crippen LogP contribution in [0.15, 0.2) is 53.8 Å². The second-order valence-electron chi connectivity index (χ2n) is 6.02. The van der Waals surface area contributed by atoms with Gasteiger partial charge in [0.15, 0.2) is 0 Å². The minimum Gasteiger partial charge on any atom is -0.361 e. The predicted molar refractivity (Wildman–Crippen MR) is 104 cm³/mol. The zero-order valence-electron chi connectivity index (χ0n) is 14.9. The van der Waals surface area contributed by atoms with Gasteiger partial charge in [-0.25, -0.2) is 5.43 Å². The van der Waals surface area contributed by atoms with Crippen LogP contribution in [0.4, 0.5) is 5.69 Å². The van der Waals surface area contributed by atoms with Crippen LogP contribution in [0.3, 0.4) is 0 Å². The van der Waals surface area contributed by atoms with E-state index in [1.807, 2.05) is 24.3 Å². The first kappa shape index (κ1) is 18.8. The van der Waals surface area contributed by atoms with Crippen LogP contribution >= 0.6 is 0 Å². The predicted octanol–water partition coefficient (Wildman–Crippen LogP) is 2.26. The molecule has 0 radical (unpaired) electrons. The molecule has 0 aliphatic carbocycles. The second kappa shape index (κ2) is 8.12. The van der Waals surface area contributed by atoms with Gasteiger partial charge in [-0.15, -0.1) is 0 Å². The topological polar surface area (TPSA) is 129 Å². The smallest absolute Gasteiger partial charge is 0.273 e. The third-order valence-electron chi connectivity index (χ3n) is 4.09. The van der Waals surface area contributed by atoms with Crippen molar-refractivity contribution in [3.8, 4) is 0 Å². The molecule has 0 spiro atoms. The molecule has 0 aliphatic rings. The molecule has 0 aliphatic heterocycles. The number of aromatic amines is 1. The van der Waals surface area contributed by atoms with Gasteiger partial charge in [-0.3, -0.25) is 19.7 Å². The maximum absolute atomic E-state index is 12.1. The highest BCUT2D eigenvalue weighted by Crippen LogP contribution is 2.19. The number of H-pyrrole nitrogens is 1. The van der Waals surface area contributed by atoms with E-state index in [2.05, 4.69) is 20.8 Å². The molecule has 0 bridgehead atoms. The number of amides is 2. The first-order valence-corrected chi connectivity index (χ1v) is 8.37. The molecule has 0 atom stereocenters. The number of nitrogens with one attached hydrogen (secondary N) is 3. The number of rotatable bonds is 6. The molecule has 0 saturated carbocycles. The first-order valence-electron chi connectivity index (χ1n) is 8.37. The van der Waals surface area contributed by atoms with Crippen molar-refractivity contribution in [1.82, 2.24) is 15.7 Å². The van der Waals surface area contributed by atoms with Gasteiger partial charge < -0.3 is 10.3 Å². The van der Waals surface area contributed by atoms with Crippen LogP contribution in [-0.2, 0) is 4.79 Å². The Labute approximate surface area is 159 Å². The summed E-state index contributed by atoms with van der Waals surface area (Å²) in [6, 6.07) is 11.8. The van der Waals surface area contributed by atoms with Gasteiger partial charge in [-0.2, -0.15) is 5.10 Å². The minimum atomic E-state index is -0.584. The van der Waals surface area contributed by atoms with Gasteiger partial charge in [0.1, 0.15) is 0 Å². The molecule has 3 N–H and O–H groups in total. The number of aromatic nitrogens is 1. The summed E-state index contributed by atoms with van der Waals surface area (Å²) < 4.78 is 0. The zero-order chi connectivity index (χ0) is 20.1. The molecule has 3 rings (SSSR count). The molecule has 3 aromatic rings. The number of hydrogen-bond donors (Lipinski definition) is 3. The monoisotopic (exact) mass is 379 g/mol. The van der Waals surface area contributed by atoms with Gasteiger partial charge in [-0.05, 0) is 19.1 Å². The Kier molecular flexibility index (Phi) is 5.45. The largest absolute Gasteiger partial charge is 0.361 e. The Hall–Kier alpha value is -4.01. The van der Waals surface area contributed by atoms with E-state index in [4.69, 9.17) is 0 Å². The number of hydrogen-bond acceptors (Lipinski definition) is 5. The number of aryl methyl sites for hydroxylation is 1. The van der Waals surface area contributed by atoms with Gasteiger partial charge in [0.05, 0.1) is 17.7 Å². The van der Waals surface area contributed by atoms with Crippen molar-refractivity contribution in [1.29, 1.82) is 0 Å². The van der Waals surface area contributed by atoms with Crippen molar-refractivity contribution in [3.63, 3.8) is 0 Å². The highest BCUT2D eigenvalue weighted by atomic mass is 16.6. The molecule has 0 saturated heterocycles. The Morgan fingerprint density at radius 1 is 1.25 bits per heavy atom. The number of benzene rings is 2. The van der Waals surface area contributed by atoms with Crippen LogP contribution in [0, 0.1) is 17.0 Å². The van der Waals surface area contributed by atoms with E-state index < -0.39 is 16.7 Å². The maximum atomic E-state index is 12.1. The molecule has 142 valence electrons. The maximum Gasteiger partial charge on any atom is 0.273 e. The summed E-state index contributed by atoms with van der Waals surface area (Å²) in [6.07, 6.45) is 3.27. The summed E-state index contributed by atoms with van der Waals surface area (Å²) in [7, 11) is 0. The van der Waals surface area contributed by atoms with E-state index in [0.717, 1.165) is 16.5 Å². The van der Waals surface area contributed by atoms with Crippen molar-refractivity contribution in [2.45, 2.75) is 6.92 Å². The quantitative estimate of drug-likeness (QED) is 0.344. The Bertz CT molecular complexity index is 1090. The summed E-state index contributed by atoms with van der Waals surface area (Å²) in [4.78, 5) is 37.4. The standard InChI is InChI=1S/C19H17N5O4/c1-12-6-7-13(8-17(12)24(27)28)19(26)21-11-18(25)23-22-10-14-9-20-16-5-3-2-4-15(14)16/h2-10,20H,11H2,1H3,(H,21,26)(H,23,25)/b22-10+. The fourth-order valence-corrected chi connectivity index (χ4v) is 2.62. The van der Waals surface area contributed by atoms with Gasteiger partial charge >= 0.3 is 0 Å². The number of hydrazone groups is 1. The number of para-hydroxylation sites is 1. The van der Waals surface area contributed by atoms with Crippen LogP contribution in [0.2, 0.25) is 0 Å². The summed E-state index contributed by atoms with van der Waals surface area (Å²) >= 11 is 0. The number of nitrogens with zero attached hydrogens (tertiary/aromatic N) is 2. The van der Waals surface area contributed by atoms with Crippen LogP contribution in [0.25, 0.3) is 10.9 Å². The molecule has 2 amide bonds. The van der Waals surface area contributed by atoms with Crippen LogP contribution < -0.4 is 10.7 Å². The van der Waals surface area contributed by atoms with Gasteiger partial charge in [0, 0.05) is 39.9 Å². The van der Waals surface area contributed by atoms with Crippen LogP contribution in [0.1, 0.15) is 21.5 Å². The average molecular weight is 379 g/mol. The van der Waals surface area contributed by atoms with E-state index >= 15 is 0 Å². The highest BCUT2D eigenvalue weighted by molar-refractivity contribution is 5.99. The summed E-state index contributed by atoms with van der Waals surface area (Å²) in [5.74, 6) is -1.11. The molecule has 1 heterocycles. The Morgan fingerprint density at radius 3 is 2.82 bits per heavy atom. The lowest BCUT2D eigenvalue weighted by atomic mass is 10.1. The minimum absolute atomic E-state index is 0.104. The first-order chi connectivity index (χ1) is 13.5. The number of nitro groups is 1. The van der Waals surface area contributed by atoms with Crippen LogP contribution in [0.5, 0.6) is 0 Å². The number of fused-ring (bicyclic) bond motifs is 1. The van der Waals surface area contributed by atoms with E-state index in [1.54, 1.807) is 13.1 Å². The number of carbonyl (C=O) groups is 2. The summed E-state index contributed by atoms with van der Waals surface area (Å²) in [6.45, 7) is 1.27. The molecule has 9 nitrogen and oxygen atoms in total. The van der Waals surface area contributed by atoms with Crippen molar-refractivity contribution < 1.29 is 14.5 Å². The van der Waals surface area contributed by atoms with Gasteiger partial charge in [0.25, 0.3) is 17.5 Å². The van der Waals surface area contributed by atoms with E-state index in [-0.39, 0.29) is 17.8 Å². The van der Waals surface area contributed by atoms with Gasteiger partial charge in [-0.1, -0.05) is 24.3 Å². The van der Waals surface area contributed by atoms with Crippen molar-refractivity contribution in [3.05, 3.63) is 75.5 Å². The zero-order valence-corrected chi connectivity index (χ0v) is 14.9. The number of carbonyl (C=O) groups excluding carboxylic acids is 2. The van der Waals surface area contributed by atoms with Crippen molar-refractivity contribution in [2.75, 3.05) is 6.54 Å². The second-order valence-corrected chi connectivity index (χ2v) is 6.02. The van der Waals surface area contributed by atoms with E-state index in [0.29, 0.717) is 5.56 Å². The molecule has 2 aromatic carbocycles. The molecular weight excluding hydrogens is 362 g/mol. The van der Waals surface area contributed by atoms with Crippen molar-refractivity contribution >= 4 is 34.6 Å². The molecule has 0 unspecified atom stereocenters. The average Bonchev–Trinajstić information content (AvgIpc) is 3.09. The number of nitro benzene ring substituents is 1. The molecule has 9 heteroatoms. The molecule has 1 aromatic heterocycles. The summed E-state index contributed by atoms with van der Waals surface area (Å²) in [5, 5.41) is 18.2. The molecule has 0 fully saturated rings. The van der Waals surface area contributed by atoms with Crippen LogP contribution in [-0.4, -0.2) is 34.5 Å². The highest BCUT2D eigenvalue weighted by Gasteiger charge is 2.15. The van der Waals surface area contributed by atoms with E-state index in [9.17, 15) is 19.7 Å². The van der Waals surface area contributed by atoms with Crippen molar-refractivity contribution in [2.24, 2.45) is 5.10 Å². The van der Waals surface area contributed by atoms with Gasteiger partial charge in [0.2, 0.25) is 0 Å². The van der Waals surface area contributed by atoms with E-state index in [1.165, 1.54) is 24.4 Å². The lowest BCUT2D eigenvalue weighted by Gasteiger charge is -2.05. The Morgan fingerprint density at radius 2 is 2.04 bits per heavy atom. The lowest BCUT2D eigenvalue weighted by molar-refractivity contribution is -0.385. The normalized spacial score (nSPS) is 10.9. The Balaban J connectivity index is 1.55. The molecule has 28 heavy (non-hydrogen) atoms. The summed E-state index contributed by atoms with van der Waals surface area (Å²) in [5.41, 5.74) is 4.49. The third-order valence-corrected chi connectivity index (χ3v) is 4.09. The lowest BCUT2D eigenvalue weighted by Crippen LogP contribution is -2.34. The fraction of sp³-hybridized carbons (Fsp3) is 0.105. The third kappa shape index (κ3) is 4.21. The molecular formula is C19H17N5O4. The fourth-order valence-electron chi connectivity index (χ4n) is 2.62.